The Morgan fingerprint density at radius 2 is 2.00 bits per heavy atom. The van der Waals surface area contributed by atoms with E-state index < -0.39 is 18.6 Å². The van der Waals surface area contributed by atoms with Gasteiger partial charge in [-0.3, -0.25) is 9.69 Å². The van der Waals surface area contributed by atoms with Crippen LogP contribution in [0.2, 0.25) is 5.02 Å². The summed E-state index contributed by atoms with van der Waals surface area (Å²) in [4.78, 5) is 14.7. The molecule has 1 heterocycles. The number of nitrogens with zero attached hydrogens (tertiary/aromatic N) is 1. The third kappa shape index (κ3) is 6.83. The number of para-hydroxylation sites is 1. The molecule has 0 bridgehead atoms. The topological polar surface area (TPSA) is 71.0 Å². The molecule has 10 heteroatoms. The number of aliphatic hydroxyl groups excluding tert-OH is 1. The van der Waals surface area contributed by atoms with Crippen LogP contribution >= 0.6 is 11.6 Å². The minimum Gasteiger partial charge on any atom is -0.405 e. The van der Waals surface area contributed by atoms with Gasteiger partial charge in [-0.15, -0.1) is 13.2 Å². The number of rotatable bonds is 8. The second-order valence-corrected chi connectivity index (χ2v) is 8.15. The first-order valence-corrected chi connectivity index (χ1v) is 11.0. The molecule has 2 aromatic carbocycles. The van der Waals surface area contributed by atoms with Crippen LogP contribution in [0.1, 0.15) is 25.7 Å². The normalized spacial score (nSPS) is 18.1. The molecule has 1 aliphatic heterocycles. The van der Waals surface area contributed by atoms with Crippen molar-refractivity contribution in [3.8, 4) is 16.9 Å². The standard InChI is InChI=1S/C23H26ClF3N2O4/c1-32-13-11-21(30)29-12-5-4-7-19(29)22(31)28-15-9-10-16(18(24)14-15)17-6-2-3-8-20(17)33-23(25,26)27/h2-3,6,8-10,14,19,21,30H,4-5,7,11-13H2,1H3,(H,28,31). The Bertz CT molecular complexity index is 958. The molecular formula is C23H26ClF3N2O4. The molecule has 0 saturated carbocycles. The van der Waals surface area contributed by atoms with E-state index in [1.54, 1.807) is 24.1 Å². The molecule has 33 heavy (non-hydrogen) atoms. The van der Waals surface area contributed by atoms with Gasteiger partial charge >= 0.3 is 6.36 Å². The van der Waals surface area contributed by atoms with E-state index in [0.29, 0.717) is 37.2 Å². The minimum absolute atomic E-state index is 0.159. The van der Waals surface area contributed by atoms with Crippen LogP contribution in [0, 0.1) is 0 Å². The largest absolute Gasteiger partial charge is 0.573 e. The molecule has 2 atom stereocenters. The predicted molar refractivity (Wildman–Crippen MR) is 119 cm³/mol. The van der Waals surface area contributed by atoms with Crippen LogP contribution in [0.3, 0.4) is 0 Å². The zero-order valence-corrected chi connectivity index (χ0v) is 18.8. The number of likely N-dealkylation sites (tertiary alicyclic amines) is 1. The Morgan fingerprint density at radius 3 is 2.70 bits per heavy atom. The molecule has 2 unspecified atom stereocenters. The summed E-state index contributed by atoms with van der Waals surface area (Å²) in [5, 5.41) is 13.4. The number of amides is 1. The molecule has 0 aromatic heterocycles. The molecule has 2 N–H and O–H groups in total. The van der Waals surface area contributed by atoms with Crippen molar-refractivity contribution in [2.75, 3.05) is 25.6 Å². The van der Waals surface area contributed by atoms with Gasteiger partial charge < -0.3 is 19.9 Å². The highest BCUT2D eigenvalue weighted by atomic mass is 35.5. The monoisotopic (exact) mass is 486 g/mol. The molecule has 2 aromatic rings. The number of methoxy groups -OCH3 is 1. The summed E-state index contributed by atoms with van der Waals surface area (Å²) in [6.45, 7) is 0.973. The number of hydrogen-bond acceptors (Lipinski definition) is 5. The molecule has 180 valence electrons. The SMILES string of the molecule is COCCC(O)N1CCCCC1C(=O)Nc1ccc(-c2ccccc2OC(F)(F)F)c(Cl)c1. The summed E-state index contributed by atoms with van der Waals surface area (Å²) >= 11 is 6.36. The van der Waals surface area contributed by atoms with E-state index in [2.05, 4.69) is 10.1 Å². The van der Waals surface area contributed by atoms with Crippen LogP contribution in [0.4, 0.5) is 18.9 Å². The number of ether oxygens (including phenoxy) is 2. The second kappa shape index (κ2) is 11.2. The predicted octanol–water partition coefficient (Wildman–Crippen LogP) is 5.05. The summed E-state index contributed by atoms with van der Waals surface area (Å²) in [5.41, 5.74) is 0.918. The van der Waals surface area contributed by atoms with Crippen molar-refractivity contribution < 1.29 is 32.5 Å². The number of anilines is 1. The third-order valence-electron chi connectivity index (χ3n) is 5.45. The number of alkyl halides is 3. The van der Waals surface area contributed by atoms with E-state index in [0.717, 1.165) is 12.8 Å². The number of aliphatic hydroxyl groups is 1. The summed E-state index contributed by atoms with van der Waals surface area (Å²) in [6, 6.07) is 9.77. The van der Waals surface area contributed by atoms with Gasteiger partial charge in [0.05, 0.1) is 11.1 Å². The van der Waals surface area contributed by atoms with Gasteiger partial charge in [0.2, 0.25) is 5.91 Å². The van der Waals surface area contributed by atoms with Gasteiger partial charge in [0.25, 0.3) is 0 Å². The maximum Gasteiger partial charge on any atom is 0.573 e. The molecule has 3 rings (SSSR count). The lowest BCUT2D eigenvalue weighted by Crippen LogP contribution is -2.52. The van der Waals surface area contributed by atoms with E-state index in [-0.39, 0.29) is 22.2 Å². The Morgan fingerprint density at radius 1 is 1.24 bits per heavy atom. The first-order chi connectivity index (χ1) is 15.7. The fraction of sp³-hybridized carbons (Fsp3) is 0.435. The highest BCUT2D eigenvalue weighted by Crippen LogP contribution is 2.38. The van der Waals surface area contributed by atoms with Crippen molar-refractivity contribution in [3.05, 3.63) is 47.5 Å². The highest BCUT2D eigenvalue weighted by Gasteiger charge is 2.33. The van der Waals surface area contributed by atoms with E-state index in [1.807, 2.05) is 0 Å². The van der Waals surface area contributed by atoms with E-state index in [9.17, 15) is 23.1 Å². The van der Waals surface area contributed by atoms with E-state index >= 15 is 0 Å². The highest BCUT2D eigenvalue weighted by molar-refractivity contribution is 6.33. The number of carbonyl (C=O) groups excluding carboxylic acids is 1. The Balaban J connectivity index is 1.76. The summed E-state index contributed by atoms with van der Waals surface area (Å²) in [5.74, 6) is -0.651. The number of piperidine rings is 1. The first-order valence-electron chi connectivity index (χ1n) is 10.6. The van der Waals surface area contributed by atoms with Crippen molar-refractivity contribution in [1.82, 2.24) is 4.90 Å². The van der Waals surface area contributed by atoms with Gasteiger partial charge in [-0.2, -0.15) is 0 Å². The van der Waals surface area contributed by atoms with Gasteiger partial charge in [-0.1, -0.05) is 42.3 Å². The molecule has 6 nitrogen and oxygen atoms in total. The minimum atomic E-state index is -4.84. The quantitative estimate of drug-likeness (QED) is 0.546. The number of hydrogen-bond donors (Lipinski definition) is 2. The third-order valence-corrected chi connectivity index (χ3v) is 5.76. The van der Waals surface area contributed by atoms with Crippen molar-refractivity contribution >= 4 is 23.2 Å². The summed E-state index contributed by atoms with van der Waals surface area (Å²) < 4.78 is 47.4. The molecule has 1 amide bonds. The van der Waals surface area contributed by atoms with Crippen molar-refractivity contribution in [1.29, 1.82) is 0 Å². The Labute approximate surface area is 195 Å². The van der Waals surface area contributed by atoms with Crippen LogP contribution < -0.4 is 10.1 Å². The molecule has 1 saturated heterocycles. The van der Waals surface area contributed by atoms with Crippen LogP contribution in [-0.4, -0.2) is 54.8 Å². The van der Waals surface area contributed by atoms with Gasteiger partial charge in [0, 0.05) is 43.5 Å². The van der Waals surface area contributed by atoms with Gasteiger partial charge in [0.15, 0.2) is 0 Å². The smallest absolute Gasteiger partial charge is 0.405 e. The fourth-order valence-electron chi connectivity index (χ4n) is 3.92. The molecule has 1 aliphatic rings. The lowest BCUT2D eigenvalue weighted by Gasteiger charge is -2.37. The lowest BCUT2D eigenvalue weighted by molar-refractivity contribution is -0.274. The van der Waals surface area contributed by atoms with Crippen LogP contribution in [0.5, 0.6) is 5.75 Å². The van der Waals surface area contributed by atoms with Crippen LogP contribution in [0.15, 0.2) is 42.5 Å². The van der Waals surface area contributed by atoms with Crippen LogP contribution in [-0.2, 0) is 9.53 Å². The zero-order chi connectivity index (χ0) is 24.0. The van der Waals surface area contributed by atoms with Gasteiger partial charge in [-0.05, 0) is 31.0 Å². The number of carbonyl (C=O) groups is 1. The van der Waals surface area contributed by atoms with Crippen molar-refractivity contribution in [2.45, 2.75) is 44.3 Å². The van der Waals surface area contributed by atoms with Gasteiger partial charge in [-0.25, -0.2) is 0 Å². The van der Waals surface area contributed by atoms with E-state index in [4.69, 9.17) is 16.3 Å². The number of benzene rings is 2. The summed E-state index contributed by atoms with van der Waals surface area (Å²) in [7, 11) is 1.55. The maximum atomic E-state index is 12.9. The average Bonchev–Trinajstić information content (AvgIpc) is 2.77. The second-order valence-electron chi connectivity index (χ2n) is 7.74. The zero-order valence-electron chi connectivity index (χ0n) is 18.1. The number of halogens is 4. The average molecular weight is 487 g/mol. The molecule has 1 fully saturated rings. The van der Waals surface area contributed by atoms with Crippen LogP contribution in [0.25, 0.3) is 11.1 Å². The fourth-order valence-corrected chi connectivity index (χ4v) is 4.20. The number of nitrogens with one attached hydrogen (secondary N) is 1. The lowest BCUT2D eigenvalue weighted by atomic mass is 10.00. The molecule has 0 radical (unpaired) electrons. The molecule has 0 aliphatic carbocycles. The van der Waals surface area contributed by atoms with E-state index in [1.165, 1.54) is 30.3 Å². The Hall–Kier alpha value is -2.33. The maximum absolute atomic E-state index is 12.9. The summed E-state index contributed by atoms with van der Waals surface area (Å²) in [6.07, 6.45) is -2.90. The van der Waals surface area contributed by atoms with Crippen molar-refractivity contribution in [3.63, 3.8) is 0 Å². The van der Waals surface area contributed by atoms with Gasteiger partial charge in [0.1, 0.15) is 12.0 Å². The molecule has 0 spiro atoms. The first kappa shape index (κ1) is 25.3. The molecular weight excluding hydrogens is 461 g/mol. The van der Waals surface area contributed by atoms with Crippen molar-refractivity contribution in [2.24, 2.45) is 0 Å². The Kier molecular flexibility index (Phi) is 8.58.